The highest BCUT2D eigenvalue weighted by Gasteiger charge is 2.36. The van der Waals surface area contributed by atoms with Gasteiger partial charge in [-0.1, -0.05) is 25.0 Å². The first-order valence-corrected chi connectivity index (χ1v) is 11.5. The molecule has 0 bridgehead atoms. The van der Waals surface area contributed by atoms with Gasteiger partial charge < -0.3 is 19.9 Å². The average Bonchev–Trinajstić information content (AvgIpc) is 3.00. The number of hydrogen-bond donors (Lipinski definition) is 1. The standard InChI is InChI=1S/C25H32N4O3/c1-18-7-9-22(32-2)21(13-18)29-17-20(14-24(29)30)25(31)27-16-19-8-10-23(26-15-19)28-11-5-3-4-6-12-28/h7-10,13,15,20H,3-6,11-12,14,16-17H2,1-2H3,(H,27,31). The Morgan fingerprint density at radius 3 is 2.62 bits per heavy atom. The molecule has 7 heteroatoms. The molecule has 2 aliphatic heterocycles. The molecule has 7 nitrogen and oxygen atoms in total. The summed E-state index contributed by atoms with van der Waals surface area (Å²) in [7, 11) is 1.59. The van der Waals surface area contributed by atoms with Crippen molar-refractivity contribution >= 4 is 23.3 Å². The summed E-state index contributed by atoms with van der Waals surface area (Å²) in [5, 5.41) is 2.98. The number of hydrogen-bond acceptors (Lipinski definition) is 5. The van der Waals surface area contributed by atoms with Crippen LogP contribution in [0.4, 0.5) is 11.5 Å². The predicted molar refractivity (Wildman–Crippen MR) is 125 cm³/mol. The molecular formula is C25H32N4O3. The summed E-state index contributed by atoms with van der Waals surface area (Å²) < 4.78 is 5.42. The quantitative estimate of drug-likeness (QED) is 0.751. The van der Waals surface area contributed by atoms with Crippen LogP contribution in [0.15, 0.2) is 36.5 Å². The van der Waals surface area contributed by atoms with Crippen molar-refractivity contribution < 1.29 is 14.3 Å². The van der Waals surface area contributed by atoms with Gasteiger partial charge in [0.15, 0.2) is 0 Å². The summed E-state index contributed by atoms with van der Waals surface area (Å²) in [6.07, 6.45) is 7.05. The zero-order valence-electron chi connectivity index (χ0n) is 19.0. The Bertz CT molecular complexity index is 952. The van der Waals surface area contributed by atoms with Gasteiger partial charge in [-0.15, -0.1) is 0 Å². The molecule has 3 heterocycles. The third kappa shape index (κ3) is 5.03. The van der Waals surface area contributed by atoms with Crippen molar-refractivity contribution in [3.05, 3.63) is 47.7 Å². The van der Waals surface area contributed by atoms with E-state index in [0.29, 0.717) is 18.8 Å². The fourth-order valence-corrected chi connectivity index (χ4v) is 4.47. The molecule has 0 radical (unpaired) electrons. The van der Waals surface area contributed by atoms with Gasteiger partial charge in [0.25, 0.3) is 0 Å². The van der Waals surface area contributed by atoms with Gasteiger partial charge in [-0.2, -0.15) is 0 Å². The zero-order chi connectivity index (χ0) is 22.5. The van der Waals surface area contributed by atoms with Crippen LogP contribution >= 0.6 is 0 Å². The maximum atomic E-state index is 12.8. The van der Waals surface area contributed by atoms with Crippen molar-refractivity contribution in [1.82, 2.24) is 10.3 Å². The fraction of sp³-hybridized carbons (Fsp3) is 0.480. The van der Waals surface area contributed by atoms with E-state index in [1.807, 2.05) is 43.5 Å². The minimum Gasteiger partial charge on any atom is -0.495 e. The van der Waals surface area contributed by atoms with Crippen LogP contribution in [-0.2, 0) is 16.1 Å². The van der Waals surface area contributed by atoms with E-state index in [1.54, 1.807) is 12.0 Å². The molecule has 1 aromatic heterocycles. The molecule has 1 N–H and O–H groups in total. The molecule has 0 saturated carbocycles. The predicted octanol–water partition coefficient (Wildman–Crippen LogP) is 3.45. The van der Waals surface area contributed by atoms with Gasteiger partial charge >= 0.3 is 0 Å². The van der Waals surface area contributed by atoms with E-state index < -0.39 is 0 Å². The van der Waals surface area contributed by atoms with Crippen molar-refractivity contribution in [3.63, 3.8) is 0 Å². The van der Waals surface area contributed by atoms with E-state index in [-0.39, 0.29) is 24.2 Å². The number of ether oxygens (including phenoxy) is 1. The number of anilines is 2. The molecule has 1 unspecified atom stereocenters. The molecule has 0 aliphatic carbocycles. The summed E-state index contributed by atoms with van der Waals surface area (Å²) in [5.41, 5.74) is 2.72. The van der Waals surface area contributed by atoms with E-state index in [9.17, 15) is 9.59 Å². The second-order valence-corrected chi connectivity index (χ2v) is 8.72. The Hall–Kier alpha value is -3.09. The summed E-state index contributed by atoms with van der Waals surface area (Å²) >= 11 is 0. The maximum Gasteiger partial charge on any atom is 0.227 e. The number of aromatic nitrogens is 1. The Morgan fingerprint density at radius 2 is 1.94 bits per heavy atom. The van der Waals surface area contributed by atoms with Crippen molar-refractivity contribution in [2.24, 2.45) is 5.92 Å². The molecule has 2 amide bonds. The normalized spacial score (nSPS) is 19.1. The number of nitrogens with one attached hydrogen (secondary N) is 1. The van der Waals surface area contributed by atoms with Crippen LogP contribution in [0.2, 0.25) is 0 Å². The Kier molecular flexibility index (Phi) is 6.93. The van der Waals surface area contributed by atoms with Gasteiger partial charge in [-0.05, 0) is 49.1 Å². The molecular weight excluding hydrogens is 404 g/mol. The van der Waals surface area contributed by atoms with Crippen LogP contribution in [0.25, 0.3) is 0 Å². The van der Waals surface area contributed by atoms with E-state index in [1.165, 1.54) is 25.7 Å². The third-order valence-corrected chi connectivity index (χ3v) is 6.33. The average molecular weight is 437 g/mol. The van der Waals surface area contributed by atoms with Gasteiger partial charge in [0.1, 0.15) is 11.6 Å². The lowest BCUT2D eigenvalue weighted by atomic mass is 10.1. The minimum atomic E-state index is -0.378. The first kappa shape index (κ1) is 22.1. The Labute approximate surface area is 189 Å². The molecule has 2 aromatic rings. The van der Waals surface area contributed by atoms with Crippen LogP contribution in [0.5, 0.6) is 5.75 Å². The van der Waals surface area contributed by atoms with E-state index in [4.69, 9.17) is 4.74 Å². The van der Waals surface area contributed by atoms with Crippen LogP contribution in [-0.4, -0.2) is 43.5 Å². The molecule has 2 fully saturated rings. The molecule has 2 saturated heterocycles. The van der Waals surface area contributed by atoms with Gasteiger partial charge in [0.2, 0.25) is 11.8 Å². The molecule has 2 aliphatic rings. The number of carbonyl (C=O) groups is 2. The largest absolute Gasteiger partial charge is 0.495 e. The maximum absolute atomic E-state index is 12.8. The van der Waals surface area contributed by atoms with Gasteiger partial charge in [0, 0.05) is 38.8 Å². The van der Waals surface area contributed by atoms with Gasteiger partial charge in [-0.3, -0.25) is 9.59 Å². The number of pyridine rings is 1. The van der Waals surface area contributed by atoms with Crippen molar-refractivity contribution in [3.8, 4) is 5.75 Å². The number of amides is 2. The lowest BCUT2D eigenvalue weighted by Crippen LogP contribution is -2.32. The molecule has 1 atom stereocenters. The van der Waals surface area contributed by atoms with Crippen LogP contribution in [0, 0.1) is 12.8 Å². The highest BCUT2D eigenvalue weighted by molar-refractivity contribution is 6.01. The first-order chi connectivity index (χ1) is 15.5. The van der Waals surface area contributed by atoms with Crippen molar-refractivity contribution in [1.29, 1.82) is 0 Å². The lowest BCUT2D eigenvalue weighted by molar-refractivity contribution is -0.126. The number of carbonyl (C=O) groups excluding carboxylic acids is 2. The first-order valence-electron chi connectivity index (χ1n) is 11.5. The second-order valence-electron chi connectivity index (χ2n) is 8.72. The monoisotopic (exact) mass is 436 g/mol. The van der Waals surface area contributed by atoms with E-state index in [2.05, 4.69) is 15.2 Å². The topological polar surface area (TPSA) is 74.8 Å². The highest BCUT2D eigenvalue weighted by atomic mass is 16.5. The highest BCUT2D eigenvalue weighted by Crippen LogP contribution is 2.34. The number of methoxy groups -OCH3 is 1. The van der Waals surface area contributed by atoms with Crippen molar-refractivity contribution in [2.75, 3.05) is 36.5 Å². The number of benzene rings is 1. The molecule has 32 heavy (non-hydrogen) atoms. The molecule has 170 valence electrons. The van der Waals surface area contributed by atoms with E-state index in [0.717, 1.165) is 35.7 Å². The zero-order valence-corrected chi connectivity index (χ0v) is 19.0. The van der Waals surface area contributed by atoms with Gasteiger partial charge in [-0.25, -0.2) is 4.98 Å². The summed E-state index contributed by atoms with van der Waals surface area (Å²) in [5.74, 6) is 1.10. The van der Waals surface area contributed by atoms with Crippen LogP contribution in [0.1, 0.15) is 43.2 Å². The summed E-state index contributed by atoms with van der Waals surface area (Å²) in [6, 6.07) is 9.79. The summed E-state index contributed by atoms with van der Waals surface area (Å²) in [4.78, 5) is 34.0. The minimum absolute atomic E-state index is 0.0579. The van der Waals surface area contributed by atoms with E-state index >= 15 is 0 Å². The number of nitrogens with zero attached hydrogens (tertiary/aromatic N) is 3. The SMILES string of the molecule is COc1ccc(C)cc1N1CC(C(=O)NCc2ccc(N3CCCCCC3)nc2)CC1=O. The van der Waals surface area contributed by atoms with Crippen LogP contribution < -0.4 is 19.9 Å². The molecule has 4 rings (SSSR count). The Morgan fingerprint density at radius 1 is 1.16 bits per heavy atom. The molecule has 0 spiro atoms. The van der Waals surface area contributed by atoms with Gasteiger partial charge in [0.05, 0.1) is 18.7 Å². The smallest absolute Gasteiger partial charge is 0.227 e. The summed E-state index contributed by atoms with van der Waals surface area (Å²) in [6.45, 7) is 4.85. The fourth-order valence-electron chi connectivity index (χ4n) is 4.47. The third-order valence-electron chi connectivity index (χ3n) is 6.33. The number of rotatable bonds is 6. The lowest BCUT2D eigenvalue weighted by Gasteiger charge is -2.21. The number of aryl methyl sites for hydroxylation is 1. The second kappa shape index (κ2) is 10.0. The molecule has 1 aromatic carbocycles. The van der Waals surface area contributed by atoms with Crippen molar-refractivity contribution in [2.45, 2.75) is 45.6 Å². The van der Waals surface area contributed by atoms with Crippen LogP contribution in [0.3, 0.4) is 0 Å². The Balaban J connectivity index is 1.34.